The molecule has 1 rings (SSSR count). The van der Waals surface area contributed by atoms with Crippen molar-refractivity contribution in [2.45, 2.75) is 46.6 Å². The summed E-state index contributed by atoms with van der Waals surface area (Å²) in [5, 5.41) is 2.73. The number of nitrogens with two attached hydrogens (primary N) is 1. The fourth-order valence-electron chi connectivity index (χ4n) is 2.17. The van der Waals surface area contributed by atoms with Gasteiger partial charge < -0.3 is 15.8 Å². The molecule has 0 aliphatic rings. The zero-order valence-electron chi connectivity index (χ0n) is 13.2. The molecule has 0 aliphatic heterocycles. The van der Waals surface area contributed by atoms with Gasteiger partial charge in [-0.05, 0) is 30.9 Å². The highest BCUT2D eigenvalue weighted by Crippen LogP contribution is 2.26. The number of anilines is 1. The minimum Gasteiger partial charge on any atom is -0.492 e. The Kier molecular flexibility index (Phi) is 6.15. The highest BCUT2D eigenvalue weighted by Gasteiger charge is 2.19. The molecule has 118 valence electrons. The van der Waals surface area contributed by atoms with E-state index in [-0.39, 0.29) is 23.8 Å². The van der Waals surface area contributed by atoms with E-state index in [0.717, 1.165) is 6.42 Å². The zero-order chi connectivity index (χ0) is 16.0. The molecule has 1 unspecified atom stereocenters. The first kappa shape index (κ1) is 17.4. The van der Waals surface area contributed by atoms with Gasteiger partial charge in [-0.15, -0.1) is 0 Å². The van der Waals surface area contributed by atoms with Gasteiger partial charge in [0.2, 0.25) is 5.91 Å². The average Bonchev–Trinajstić information content (AvgIpc) is 2.30. The molecule has 1 amide bonds. The summed E-state index contributed by atoms with van der Waals surface area (Å²) < 4.78 is 18.5. The van der Waals surface area contributed by atoms with E-state index in [2.05, 4.69) is 26.1 Å². The summed E-state index contributed by atoms with van der Waals surface area (Å²) in [6.07, 6.45) is 0.975. The summed E-state index contributed by atoms with van der Waals surface area (Å²) in [4.78, 5) is 12.0. The van der Waals surface area contributed by atoms with Crippen LogP contribution in [0, 0.1) is 11.2 Å². The van der Waals surface area contributed by atoms with Crippen LogP contribution in [0.5, 0.6) is 5.75 Å². The Morgan fingerprint density at radius 3 is 2.67 bits per heavy atom. The summed E-state index contributed by atoms with van der Waals surface area (Å²) in [7, 11) is 0. The van der Waals surface area contributed by atoms with Crippen molar-refractivity contribution in [1.82, 2.24) is 0 Å². The largest absolute Gasteiger partial charge is 0.492 e. The number of hydrogen-bond acceptors (Lipinski definition) is 3. The first-order valence-corrected chi connectivity index (χ1v) is 7.19. The first-order chi connectivity index (χ1) is 9.71. The molecule has 5 heteroatoms. The fraction of sp³-hybridized carbons (Fsp3) is 0.562. The van der Waals surface area contributed by atoms with Crippen LogP contribution in [0.3, 0.4) is 0 Å². The minimum absolute atomic E-state index is 0.0755. The maximum atomic E-state index is 13.2. The van der Waals surface area contributed by atoms with Gasteiger partial charge in [0.25, 0.3) is 0 Å². The van der Waals surface area contributed by atoms with E-state index in [1.165, 1.54) is 18.2 Å². The molecule has 21 heavy (non-hydrogen) atoms. The van der Waals surface area contributed by atoms with Gasteiger partial charge in [-0.25, -0.2) is 4.39 Å². The lowest BCUT2D eigenvalue weighted by Gasteiger charge is -2.22. The highest BCUT2D eigenvalue weighted by molar-refractivity contribution is 5.92. The molecular formula is C16H25FN2O2. The van der Waals surface area contributed by atoms with Crippen LogP contribution >= 0.6 is 0 Å². The van der Waals surface area contributed by atoms with Crippen molar-refractivity contribution in [2.75, 3.05) is 11.9 Å². The van der Waals surface area contributed by atoms with Crippen molar-refractivity contribution < 1.29 is 13.9 Å². The number of rotatable bonds is 6. The number of benzene rings is 1. The molecule has 4 nitrogen and oxygen atoms in total. The predicted octanol–water partition coefficient (Wildman–Crippen LogP) is 3.32. The summed E-state index contributed by atoms with van der Waals surface area (Å²) >= 11 is 0. The van der Waals surface area contributed by atoms with E-state index >= 15 is 0 Å². The molecule has 1 aromatic rings. The van der Waals surface area contributed by atoms with Gasteiger partial charge in [0.05, 0.1) is 12.3 Å². The van der Waals surface area contributed by atoms with E-state index in [1.54, 1.807) is 6.92 Å². The third-order valence-corrected chi connectivity index (χ3v) is 2.84. The molecule has 0 saturated heterocycles. The van der Waals surface area contributed by atoms with Crippen molar-refractivity contribution in [3.63, 3.8) is 0 Å². The second-order valence-electron chi connectivity index (χ2n) is 6.35. The highest BCUT2D eigenvalue weighted by atomic mass is 19.1. The van der Waals surface area contributed by atoms with Crippen LogP contribution in [0.25, 0.3) is 0 Å². The van der Waals surface area contributed by atoms with E-state index in [1.807, 2.05) is 0 Å². The normalized spacial score (nSPS) is 12.9. The van der Waals surface area contributed by atoms with Crippen molar-refractivity contribution in [1.29, 1.82) is 0 Å². The van der Waals surface area contributed by atoms with Crippen LogP contribution in [0.1, 0.15) is 40.5 Å². The second-order valence-corrected chi connectivity index (χ2v) is 6.35. The molecular weight excluding hydrogens is 271 g/mol. The number of carbonyl (C=O) groups excluding carboxylic acids is 1. The van der Waals surface area contributed by atoms with Gasteiger partial charge in [0.15, 0.2) is 0 Å². The van der Waals surface area contributed by atoms with E-state index in [0.29, 0.717) is 18.0 Å². The monoisotopic (exact) mass is 296 g/mol. The van der Waals surface area contributed by atoms with Gasteiger partial charge in [-0.1, -0.05) is 20.8 Å². The summed E-state index contributed by atoms with van der Waals surface area (Å²) in [6.45, 7) is 8.44. The molecule has 0 heterocycles. The predicted molar refractivity (Wildman–Crippen MR) is 82.9 cm³/mol. The molecule has 1 atom stereocenters. The Balaban J connectivity index is 2.66. The zero-order valence-corrected chi connectivity index (χ0v) is 13.2. The molecule has 3 N–H and O–H groups in total. The lowest BCUT2D eigenvalue weighted by Crippen LogP contribution is -2.31. The molecule has 0 aliphatic carbocycles. The van der Waals surface area contributed by atoms with Gasteiger partial charge in [-0.2, -0.15) is 0 Å². The minimum atomic E-state index is -0.402. The number of carbonyl (C=O) groups is 1. The number of ether oxygens (including phenoxy) is 1. The maximum absolute atomic E-state index is 13.2. The van der Waals surface area contributed by atoms with E-state index in [9.17, 15) is 9.18 Å². The summed E-state index contributed by atoms with van der Waals surface area (Å²) in [5.74, 6) is -0.268. The van der Waals surface area contributed by atoms with Crippen LogP contribution in [0.4, 0.5) is 10.1 Å². The SMILES string of the molecule is CCOc1cc(F)ccc1NC(=O)CC(N)CC(C)(C)C. The van der Waals surface area contributed by atoms with E-state index in [4.69, 9.17) is 10.5 Å². The fourth-order valence-corrected chi connectivity index (χ4v) is 2.17. The Labute approximate surface area is 125 Å². The molecule has 0 bridgehead atoms. The lowest BCUT2D eigenvalue weighted by molar-refractivity contribution is -0.116. The number of amides is 1. The van der Waals surface area contributed by atoms with Crippen molar-refractivity contribution >= 4 is 11.6 Å². The Hall–Kier alpha value is -1.62. The standard InChI is InChI=1S/C16H25FN2O2/c1-5-21-14-8-11(17)6-7-13(14)19-15(20)9-12(18)10-16(2,3)4/h6-8,12H,5,9-10,18H2,1-4H3,(H,19,20). The molecule has 0 fully saturated rings. The van der Waals surface area contributed by atoms with Gasteiger partial charge in [0.1, 0.15) is 11.6 Å². The van der Waals surface area contributed by atoms with Crippen LogP contribution < -0.4 is 15.8 Å². The van der Waals surface area contributed by atoms with E-state index < -0.39 is 5.82 Å². The maximum Gasteiger partial charge on any atom is 0.226 e. The average molecular weight is 296 g/mol. The van der Waals surface area contributed by atoms with Gasteiger partial charge in [-0.3, -0.25) is 4.79 Å². The van der Waals surface area contributed by atoms with Crippen molar-refractivity contribution in [3.05, 3.63) is 24.0 Å². The first-order valence-electron chi connectivity index (χ1n) is 7.19. The lowest BCUT2D eigenvalue weighted by atomic mass is 9.87. The van der Waals surface area contributed by atoms with Crippen molar-refractivity contribution in [2.24, 2.45) is 11.1 Å². The van der Waals surface area contributed by atoms with Crippen LogP contribution in [-0.2, 0) is 4.79 Å². The Morgan fingerprint density at radius 1 is 1.43 bits per heavy atom. The summed E-state index contributed by atoms with van der Waals surface area (Å²) in [5.41, 5.74) is 6.52. The van der Waals surface area contributed by atoms with Gasteiger partial charge >= 0.3 is 0 Å². The third kappa shape index (κ3) is 6.58. The van der Waals surface area contributed by atoms with Crippen LogP contribution in [-0.4, -0.2) is 18.6 Å². The molecule has 0 spiro atoms. The third-order valence-electron chi connectivity index (χ3n) is 2.84. The van der Waals surface area contributed by atoms with Crippen molar-refractivity contribution in [3.8, 4) is 5.75 Å². The molecule has 0 aromatic heterocycles. The Morgan fingerprint density at radius 2 is 2.10 bits per heavy atom. The van der Waals surface area contributed by atoms with Gasteiger partial charge in [0, 0.05) is 18.5 Å². The van der Waals surface area contributed by atoms with Crippen LogP contribution in [0.2, 0.25) is 0 Å². The topological polar surface area (TPSA) is 64.3 Å². The Bertz CT molecular complexity index is 484. The smallest absolute Gasteiger partial charge is 0.226 e. The number of nitrogens with one attached hydrogen (secondary N) is 1. The number of halogens is 1. The molecule has 1 aromatic carbocycles. The second kappa shape index (κ2) is 7.41. The summed E-state index contributed by atoms with van der Waals surface area (Å²) in [6, 6.07) is 3.83. The molecule has 0 saturated carbocycles. The number of hydrogen-bond donors (Lipinski definition) is 2. The quantitative estimate of drug-likeness (QED) is 0.846. The molecule has 0 radical (unpaired) electrons. The van der Waals surface area contributed by atoms with Crippen LogP contribution in [0.15, 0.2) is 18.2 Å².